The summed E-state index contributed by atoms with van der Waals surface area (Å²) in [6.07, 6.45) is 1.88. The Kier molecular flexibility index (Phi) is 3.30. The van der Waals surface area contributed by atoms with Gasteiger partial charge >= 0.3 is 0 Å². The highest BCUT2D eigenvalue weighted by Gasteiger charge is 2.17. The Bertz CT molecular complexity index is 500. The maximum absolute atomic E-state index is 4.60. The number of nitrogens with zero attached hydrogens (tertiary/aromatic N) is 4. The quantitative estimate of drug-likeness (QED) is 0.901. The van der Waals surface area contributed by atoms with E-state index in [9.17, 15) is 0 Å². The maximum Gasteiger partial charge on any atom is 0.234 e. The summed E-state index contributed by atoms with van der Waals surface area (Å²) in [5, 5.41) is 17.5. The fraction of sp³-hybridized carbons (Fsp3) is 0.700. The second-order valence-electron chi connectivity index (χ2n) is 4.09. The zero-order valence-corrected chi connectivity index (χ0v) is 11.4. The van der Waals surface area contributed by atoms with Gasteiger partial charge in [0, 0.05) is 36.9 Å². The highest BCUT2D eigenvalue weighted by atomic mass is 32.2. The highest BCUT2D eigenvalue weighted by Crippen LogP contribution is 2.18. The third-order valence-electron chi connectivity index (χ3n) is 2.83. The molecule has 1 aliphatic rings. The molecule has 0 saturated carbocycles. The van der Waals surface area contributed by atoms with Crippen LogP contribution in [0.2, 0.25) is 0 Å². The molecule has 1 atom stereocenters. The second-order valence-corrected chi connectivity index (χ2v) is 6.28. The number of hydrogen-bond donors (Lipinski definition) is 1. The number of aromatic nitrogens is 4. The molecule has 5 nitrogen and oxygen atoms in total. The summed E-state index contributed by atoms with van der Waals surface area (Å²) in [6, 6.07) is 0.558. The Morgan fingerprint density at radius 2 is 2.41 bits per heavy atom. The SMILES string of the molecule is CCc1nnc2sc(CC3CSCCN3)nn12. The molecular weight excluding hydrogens is 254 g/mol. The van der Waals surface area contributed by atoms with E-state index in [0.717, 1.165) is 35.2 Å². The van der Waals surface area contributed by atoms with Crippen molar-refractivity contribution in [1.82, 2.24) is 25.1 Å². The summed E-state index contributed by atoms with van der Waals surface area (Å²) in [5.74, 6) is 3.36. The summed E-state index contributed by atoms with van der Waals surface area (Å²) in [7, 11) is 0. The van der Waals surface area contributed by atoms with Crippen LogP contribution in [0.5, 0.6) is 0 Å². The summed E-state index contributed by atoms with van der Waals surface area (Å²) in [4.78, 5) is 0.917. The number of rotatable bonds is 3. The summed E-state index contributed by atoms with van der Waals surface area (Å²) >= 11 is 3.67. The number of fused-ring (bicyclic) bond motifs is 1. The standard InChI is InChI=1S/C10H15N5S2/c1-2-8-12-13-10-15(8)14-9(17-10)5-7-6-16-4-3-11-7/h7,11H,2-6H2,1H3. The van der Waals surface area contributed by atoms with Crippen LogP contribution in [-0.2, 0) is 12.8 Å². The van der Waals surface area contributed by atoms with Gasteiger partial charge in [0.25, 0.3) is 0 Å². The molecule has 3 heterocycles. The van der Waals surface area contributed by atoms with E-state index in [1.54, 1.807) is 11.3 Å². The van der Waals surface area contributed by atoms with E-state index in [1.165, 1.54) is 11.5 Å². The van der Waals surface area contributed by atoms with E-state index < -0.39 is 0 Å². The Hall–Kier alpha value is -0.660. The summed E-state index contributed by atoms with van der Waals surface area (Å²) in [6.45, 7) is 3.19. The largest absolute Gasteiger partial charge is 0.312 e. The molecule has 3 rings (SSSR count). The molecule has 0 radical (unpaired) electrons. The lowest BCUT2D eigenvalue weighted by atomic mass is 10.2. The van der Waals surface area contributed by atoms with Gasteiger partial charge in [-0.1, -0.05) is 18.3 Å². The van der Waals surface area contributed by atoms with Crippen LogP contribution in [-0.4, -0.2) is 43.9 Å². The topological polar surface area (TPSA) is 55.1 Å². The van der Waals surface area contributed by atoms with E-state index in [1.807, 2.05) is 16.3 Å². The molecule has 1 fully saturated rings. The van der Waals surface area contributed by atoms with Gasteiger partial charge in [0.15, 0.2) is 5.82 Å². The first-order chi connectivity index (χ1) is 8.36. The number of hydrogen-bond acceptors (Lipinski definition) is 6. The number of nitrogens with one attached hydrogen (secondary N) is 1. The van der Waals surface area contributed by atoms with Gasteiger partial charge in [-0.3, -0.25) is 0 Å². The molecule has 2 aromatic heterocycles. The third kappa shape index (κ3) is 2.31. The van der Waals surface area contributed by atoms with Crippen LogP contribution in [0.4, 0.5) is 0 Å². The van der Waals surface area contributed by atoms with E-state index in [0.29, 0.717) is 6.04 Å². The molecule has 92 valence electrons. The molecule has 7 heteroatoms. The van der Waals surface area contributed by atoms with Crippen molar-refractivity contribution < 1.29 is 0 Å². The van der Waals surface area contributed by atoms with Crippen LogP contribution in [0.3, 0.4) is 0 Å². The van der Waals surface area contributed by atoms with Gasteiger partial charge in [-0.05, 0) is 0 Å². The number of aryl methyl sites for hydroxylation is 1. The number of thioether (sulfide) groups is 1. The first-order valence-corrected chi connectivity index (χ1v) is 7.85. The minimum absolute atomic E-state index is 0.558. The molecule has 1 saturated heterocycles. The van der Waals surface area contributed by atoms with Crippen molar-refractivity contribution >= 4 is 28.1 Å². The van der Waals surface area contributed by atoms with Crippen molar-refractivity contribution in [1.29, 1.82) is 0 Å². The molecule has 1 N–H and O–H groups in total. The fourth-order valence-corrected chi connectivity index (χ4v) is 3.84. The van der Waals surface area contributed by atoms with Gasteiger partial charge in [0.05, 0.1) is 0 Å². The first-order valence-electron chi connectivity index (χ1n) is 5.88. The van der Waals surface area contributed by atoms with E-state index in [2.05, 4.69) is 27.5 Å². The van der Waals surface area contributed by atoms with Gasteiger partial charge < -0.3 is 5.32 Å². The van der Waals surface area contributed by atoms with E-state index in [-0.39, 0.29) is 0 Å². The zero-order valence-electron chi connectivity index (χ0n) is 9.72. The second kappa shape index (κ2) is 4.91. The Labute approximate surface area is 108 Å². The third-order valence-corrected chi connectivity index (χ3v) is 4.88. The van der Waals surface area contributed by atoms with Crippen LogP contribution in [0.25, 0.3) is 4.96 Å². The van der Waals surface area contributed by atoms with Gasteiger partial charge in [-0.15, -0.1) is 10.2 Å². The van der Waals surface area contributed by atoms with E-state index >= 15 is 0 Å². The fourth-order valence-electron chi connectivity index (χ4n) is 1.96. The van der Waals surface area contributed by atoms with Crippen LogP contribution >= 0.6 is 23.1 Å². The minimum Gasteiger partial charge on any atom is -0.312 e. The molecule has 1 aliphatic heterocycles. The van der Waals surface area contributed by atoms with Crippen LogP contribution < -0.4 is 5.32 Å². The van der Waals surface area contributed by atoms with Crippen molar-refractivity contribution in [3.05, 3.63) is 10.8 Å². The molecule has 17 heavy (non-hydrogen) atoms. The van der Waals surface area contributed by atoms with Crippen molar-refractivity contribution in [3.8, 4) is 0 Å². The predicted molar refractivity (Wildman–Crippen MR) is 70.9 cm³/mol. The average Bonchev–Trinajstić information content (AvgIpc) is 2.89. The van der Waals surface area contributed by atoms with Crippen LogP contribution in [0.1, 0.15) is 17.8 Å². The van der Waals surface area contributed by atoms with Crippen molar-refractivity contribution in [2.24, 2.45) is 0 Å². The summed E-state index contributed by atoms with van der Waals surface area (Å²) < 4.78 is 1.88. The van der Waals surface area contributed by atoms with Crippen LogP contribution in [0.15, 0.2) is 0 Å². The lowest BCUT2D eigenvalue weighted by Gasteiger charge is -2.21. The van der Waals surface area contributed by atoms with Gasteiger partial charge in [-0.2, -0.15) is 21.4 Å². The Morgan fingerprint density at radius 3 is 3.18 bits per heavy atom. The monoisotopic (exact) mass is 269 g/mol. The highest BCUT2D eigenvalue weighted by molar-refractivity contribution is 7.99. The molecule has 1 unspecified atom stereocenters. The Morgan fingerprint density at radius 1 is 1.47 bits per heavy atom. The summed E-state index contributed by atoms with van der Waals surface area (Å²) in [5.41, 5.74) is 0. The van der Waals surface area contributed by atoms with E-state index in [4.69, 9.17) is 0 Å². The molecular formula is C10H15N5S2. The van der Waals surface area contributed by atoms with Crippen molar-refractivity contribution in [2.75, 3.05) is 18.1 Å². The molecule has 0 aromatic carbocycles. The van der Waals surface area contributed by atoms with Gasteiger partial charge in [0.2, 0.25) is 4.96 Å². The first kappa shape index (κ1) is 11.4. The molecule has 0 amide bonds. The minimum atomic E-state index is 0.558. The normalized spacial score (nSPS) is 21.1. The molecule has 2 aromatic rings. The average molecular weight is 269 g/mol. The zero-order chi connectivity index (χ0) is 11.7. The predicted octanol–water partition coefficient (Wildman–Crippen LogP) is 0.996. The maximum atomic E-state index is 4.60. The smallest absolute Gasteiger partial charge is 0.234 e. The molecule has 0 aliphatic carbocycles. The molecule has 0 spiro atoms. The lowest BCUT2D eigenvalue weighted by Crippen LogP contribution is -2.38. The van der Waals surface area contributed by atoms with Crippen molar-refractivity contribution in [3.63, 3.8) is 0 Å². The Balaban J connectivity index is 1.78. The van der Waals surface area contributed by atoms with Crippen LogP contribution in [0, 0.1) is 0 Å². The lowest BCUT2D eigenvalue weighted by molar-refractivity contribution is 0.558. The molecule has 0 bridgehead atoms. The van der Waals surface area contributed by atoms with Crippen molar-refractivity contribution in [2.45, 2.75) is 25.8 Å². The van der Waals surface area contributed by atoms with Gasteiger partial charge in [-0.25, -0.2) is 0 Å². The van der Waals surface area contributed by atoms with Gasteiger partial charge in [0.1, 0.15) is 5.01 Å².